The second-order valence-electron chi connectivity index (χ2n) is 6.88. The third-order valence-corrected chi connectivity index (χ3v) is 4.56. The summed E-state index contributed by atoms with van der Waals surface area (Å²) in [6.45, 7) is 10.3. The maximum Gasteiger partial charge on any atom is 0.302 e. The Bertz CT molecular complexity index is 250. The van der Waals surface area contributed by atoms with Crippen molar-refractivity contribution in [2.75, 3.05) is 0 Å². The van der Waals surface area contributed by atoms with Crippen molar-refractivity contribution in [1.29, 1.82) is 0 Å². The van der Waals surface area contributed by atoms with E-state index >= 15 is 0 Å². The molecule has 0 saturated heterocycles. The molecule has 0 fully saturated rings. The molecule has 0 aromatic carbocycles. The van der Waals surface area contributed by atoms with Crippen LogP contribution in [0.15, 0.2) is 0 Å². The van der Waals surface area contributed by atoms with Crippen LogP contribution in [0.25, 0.3) is 0 Å². The highest BCUT2D eigenvalue weighted by atomic mass is 16.5. The molecular formula is C19H38O2. The van der Waals surface area contributed by atoms with E-state index in [1.165, 1.54) is 64.7 Å². The molecule has 2 heteroatoms. The van der Waals surface area contributed by atoms with E-state index in [0.717, 1.165) is 12.3 Å². The van der Waals surface area contributed by atoms with Crippen LogP contribution in [-0.4, -0.2) is 12.1 Å². The average Bonchev–Trinajstić information content (AvgIpc) is 2.41. The largest absolute Gasteiger partial charge is 0.463 e. The minimum absolute atomic E-state index is 0.0522. The Morgan fingerprint density at radius 2 is 1.43 bits per heavy atom. The first kappa shape index (κ1) is 20.5. The Morgan fingerprint density at radius 1 is 0.857 bits per heavy atom. The van der Waals surface area contributed by atoms with Gasteiger partial charge in [0.15, 0.2) is 0 Å². The molecule has 0 bridgehead atoms. The lowest BCUT2D eigenvalue weighted by Crippen LogP contribution is -2.20. The molecule has 0 aliphatic rings. The smallest absolute Gasteiger partial charge is 0.302 e. The molecule has 2 nitrogen and oxygen atoms in total. The average molecular weight is 299 g/mol. The lowest BCUT2D eigenvalue weighted by atomic mass is 9.92. The van der Waals surface area contributed by atoms with Crippen molar-refractivity contribution in [3.8, 4) is 0 Å². The first-order chi connectivity index (χ1) is 9.97. The molecule has 0 saturated carbocycles. The molecule has 0 rings (SSSR count). The van der Waals surface area contributed by atoms with Crippen molar-refractivity contribution in [2.24, 2.45) is 11.8 Å². The minimum atomic E-state index is -0.161. The van der Waals surface area contributed by atoms with Crippen LogP contribution >= 0.6 is 0 Å². The van der Waals surface area contributed by atoms with E-state index in [4.69, 9.17) is 4.74 Å². The van der Waals surface area contributed by atoms with Crippen LogP contribution in [-0.2, 0) is 9.53 Å². The van der Waals surface area contributed by atoms with E-state index in [9.17, 15) is 4.79 Å². The standard InChI is InChI=1S/C19H38O2/c1-6-7-8-9-10-11-13-16(2)14-12-15-17(3)18(4)21-19(5)20/h16-18H,6-15H2,1-5H3/t16?,17-,18+/m1/s1. The molecule has 0 aromatic heterocycles. The lowest BCUT2D eigenvalue weighted by Gasteiger charge is -2.20. The third kappa shape index (κ3) is 12.9. The maximum absolute atomic E-state index is 10.9. The van der Waals surface area contributed by atoms with Crippen LogP contribution in [0.2, 0.25) is 0 Å². The summed E-state index contributed by atoms with van der Waals surface area (Å²) in [6, 6.07) is 0. The van der Waals surface area contributed by atoms with Gasteiger partial charge in [-0.25, -0.2) is 0 Å². The van der Waals surface area contributed by atoms with Gasteiger partial charge in [0, 0.05) is 6.92 Å². The van der Waals surface area contributed by atoms with Gasteiger partial charge < -0.3 is 4.74 Å². The Labute approximate surface area is 133 Å². The fraction of sp³-hybridized carbons (Fsp3) is 0.947. The second kappa shape index (κ2) is 13.2. The van der Waals surface area contributed by atoms with E-state index in [1.54, 1.807) is 0 Å². The highest BCUT2D eigenvalue weighted by molar-refractivity contribution is 5.66. The fourth-order valence-corrected chi connectivity index (χ4v) is 2.82. The van der Waals surface area contributed by atoms with E-state index in [-0.39, 0.29) is 12.1 Å². The first-order valence-electron chi connectivity index (χ1n) is 9.14. The molecule has 3 atom stereocenters. The van der Waals surface area contributed by atoms with Crippen LogP contribution in [0.4, 0.5) is 0 Å². The highest BCUT2D eigenvalue weighted by Crippen LogP contribution is 2.21. The van der Waals surface area contributed by atoms with Crippen LogP contribution in [0.3, 0.4) is 0 Å². The Kier molecular flexibility index (Phi) is 12.8. The van der Waals surface area contributed by atoms with Crippen LogP contribution < -0.4 is 0 Å². The van der Waals surface area contributed by atoms with Gasteiger partial charge in [0.2, 0.25) is 0 Å². The minimum Gasteiger partial charge on any atom is -0.463 e. The number of carbonyl (C=O) groups excluding carboxylic acids is 1. The third-order valence-electron chi connectivity index (χ3n) is 4.56. The number of unbranched alkanes of at least 4 members (excludes halogenated alkanes) is 5. The van der Waals surface area contributed by atoms with E-state index in [1.807, 2.05) is 6.92 Å². The van der Waals surface area contributed by atoms with E-state index < -0.39 is 0 Å². The van der Waals surface area contributed by atoms with E-state index in [0.29, 0.717) is 5.92 Å². The summed E-state index contributed by atoms with van der Waals surface area (Å²) in [5, 5.41) is 0. The van der Waals surface area contributed by atoms with Gasteiger partial charge in [-0.05, 0) is 25.2 Å². The second-order valence-corrected chi connectivity index (χ2v) is 6.88. The zero-order valence-electron chi connectivity index (χ0n) is 15.1. The highest BCUT2D eigenvalue weighted by Gasteiger charge is 2.15. The van der Waals surface area contributed by atoms with Crippen molar-refractivity contribution in [3.05, 3.63) is 0 Å². The van der Waals surface area contributed by atoms with Gasteiger partial charge in [-0.15, -0.1) is 0 Å². The number of ether oxygens (including phenoxy) is 1. The van der Waals surface area contributed by atoms with Gasteiger partial charge in [-0.1, -0.05) is 78.6 Å². The van der Waals surface area contributed by atoms with Crippen LogP contribution in [0.5, 0.6) is 0 Å². The zero-order chi connectivity index (χ0) is 16.1. The number of carbonyl (C=O) groups is 1. The molecule has 1 unspecified atom stereocenters. The summed E-state index contributed by atoms with van der Waals surface area (Å²) < 4.78 is 5.24. The molecule has 0 aliphatic carbocycles. The number of hydrogen-bond donors (Lipinski definition) is 0. The molecule has 126 valence electrons. The summed E-state index contributed by atoms with van der Waals surface area (Å²) in [4.78, 5) is 10.9. The van der Waals surface area contributed by atoms with Crippen molar-refractivity contribution in [1.82, 2.24) is 0 Å². The topological polar surface area (TPSA) is 26.3 Å². The SMILES string of the molecule is CCCCCCCCC(C)CCC[C@@H](C)[C@H](C)OC(C)=O. The predicted molar refractivity (Wildman–Crippen MR) is 91.4 cm³/mol. The van der Waals surface area contributed by atoms with Gasteiger partial charge in [-0.2, -0.15) is 0 Å². The van der Waals surface area contributed by atoms with E-state index in [2.05, 4.69) is 20.8 Å². The summed E-state index contributed by atoms with van der Waals surface area (Å²) in [7, 11) is 0. The lowest BCUT2D eigenvalue weighted by molar-refractivity contribution is -0.147. The monoisotopic (exact) mass is 298 g/mol. The maximum atomic E-state index is 10.9. The quantitative estimate of drug-likeness (QED) is 0.302. The molecule has 0 aliphatic heterocycles. The van der Waals surface area contributed by atoms with Crippen LogP contribution in [0.1, 0.15) is 98.8 Å². The Balaban J connectivity index is 3.51. The van der Waals surface area contributed by atoms with Crippen molar-refractivity contribution < 1.29 is 9.53 Å². The van der Waals surface area contributed by atoms with Crippen molar-refractivity contribution >= 4 is 5.97 Å². The Morgan fingerprint density at radius 3 is 2.05 bits per heavy atom. The number of hydrogen-bond acceptors (Lipinski definition) is 2. The van der Waals surface area contributed by atoms with Gasteiger partial charge in [-0.3, -0.25) is 4.79 Å². The van der Waals surface area contributed by atoms with Gasteiger partial charge >= 0.3 is 5.97 Å². The number of rotatable bonds is 13. The summed E-state index contributed by atoms with van der Waals surface area (Å²) >= 11 is 0. The zero-order valence-corrected chi connectivity index (χ0v) is 15.1. The molecule has 0 heterocycles. The normalized spacial score (nSPS) is 15.5. The van der Waals surface area contributed by atoms with Crippen molar-refractivity contribution in [2.45, 2.75) is 105 Å². The Hall–Kier alpha value is -0.530. The summed E-state index contributed by atoms with van der Waals surface area (Å²) in [5.41, 5.74) is 0. The summed E-state index contributed by atoms with van der Waals surface area (Å²) in [5.74, 6) is 1.15. The fourth-order valence-electron chi connectivity index (χ4n) is 2.82. The molecule has 0 radical (unpaired) electrons. The van der Waals surface area contributed by atoms with Gasteiger partial charge in [0.1, 0.15) is 6.10 Å². The van der Waals surface area contributed by atoms with Crippen molar-refractivity contribution in [3.63, 3.8) is 0 Å². The summed E-state index contributed by atoms with van der Waals surface area (Å²) in [6.07, 6.45) is 13.5. The van der Waals surface area contributed by atoms with Gasteiger partial charge in [0.05, 0.1) is 0 Å². The molecular weight excluding hydrogens is 260 g/mol. The molecule has 21 heavy (non-hydrogen) atoms. The molecule has 0 amide bonds. The molecule has 0 aromatic rings. The number of esters is 1. The van der Waals surface area contributed by atoms with Gasteiger partial charge in [0.25, 0.3) is 0 Å². The predicted octanol–water partition coefficient (Wildman–Crippen LogP) is 6.13. The molecule has 0 N–H and O–H groups in total. The first-order valence-corrected chi connectivity index (χ1v) is 9.14. The molecule has 0 spiro atoms. The van der Waals surface area contributed by atoms with Crippen LogP contribution in [0, 0.1) is 11.8 Å².